The fourth-order valence-electron chi connectivity index (χ4n) is 1.20. The van der Waals surface area contributed by atoms with Crippen molar-refractivity contribution in [1.82, 2.24) is 5.32 Å². The van der Waals surface area contributed by atoms with Crippen molar-refractivity contribution in [2.75, 3.05) is 6.26 Å². The number of hydrogen-bond donors (Lipinski definition) is 2. The summed E-state index contributed by atoms with van der Waals surface area (Å²) < 4.78 is 0. The third-order valence-electron chi connectivity index (χ3n) is 2.02. The highest BCUT2D eigenvalue weighted by Crippen LogP contribution is 2.21. The van der Waals surface area contributed by atoms with Crippen LogP contribution in [0.4, 0.5) is 5.69 Å². The topological polar surface area (TPSA) is 85.5 Å². The number of rotatable bonds is 2. The fourth-order valence-corrected chi connectivity index (χ4v) is 1.53. The first-order chi connectivity index (χ1) is 8.08. The maximum Gasteiger partial charge on any atom is 0.335 e. The second-order valence-corrected chi connectivity index (χ2v) is 3.96. The first-order valence-electron chi connectivity index (χ1n) is 4.70. The summed E-state index contributed by atoms with van der Waals surface area (Å²) in [5, 5.41) is 20.2. The molecule has 0 aliphatic rings. The maximum absolute atomic E-state index is 10.7. The largest absolute Gasteiger partial charge is 0.478 e. The van der Waals surface area contributed by atoms with Gasteiger partial charge in [-0.1, -0.05) is 11.8 Å². The van der Waals surface area contributed by atoms with E-state index in [4.69, 9.17) is 10.4 Å². The van der Waals surface area contributed by atoms with Crippen molar-refractivity contribution in [3.63, 3.8) is 0 Å². The third kappa shape index (κ3) is 3.50. The molecule has 0 unspecified atom stereocenters. The molecule has 0 saturated carbocycles. The molecular formula is C11H11N3O2S. The summed E-state index contributed by atoms with van der Waals surface area (Å²) >= 11 is 1.31. The zero-order valence-corrected chi connectivity index (χ0v) is 10.2. The number of nitriles is 1. The van der Waals surface area contributed by atoms with E-state index in [0.717, 1.165) is 5.56 Å². The van der Waals surface area contributed by atoms with Gasteiger partial charge >= 0.3 is 5.97 Å². The Balaban J connectivity index is 3.08. The van der Waals surface area contributed by atoms with Crippen LogP contribution in [-0.4, -0.2) is 22.5 Å². The van der Waals surface area contributed by atoms with Gasteiger partial charge in [0.05, 0.1) is 11.3 Å². The van der Waals surface area contributed by atoms with Crippen molar-refractivity contribution >= 4 is 28.6 Å². The number of aromatic carboxylic acids is 1. The Hall–Kier alpha value is -2.00. The van der Waals surface area contributed by atoms with E-state index in [1.165, 1.54) is 17.8 Å². The lowest BCUT2D eigenvalue weighted by molar-refractivity contribution is 0.0697. The summed E-state index contributed by atoms with van der Waals surface area (Å²) in [5.41, 5.74) is 1.61. The number of aliphatic imine (C=N–C) groups is 1. The Morgan fingerprint density at radius 3 is 2.76 bits per heavy atom. The summed E-state index contributed by atoms with van der Waals surface area (Å²) in [5.74, 6) is -0.969. The molecule has 0 atom stereocenters. The van der Waals surface area contributed by atoms with E-state index in [1.54, 1.807) is 31.5 Å². The first-order valence-corrected chi connectivity index (χ1v) is 5.92. The Kier molecular flexibility index (Phi) is 4.55. The van der Waals surface area contributed by atoms with Crippen LogP contribution in [0, 0.1) is 18.4 Å². The van der Waals surface area contributed by atoms with Gasteiger partial charge in [-0.2, -0.15) is 5.26 Å². The van der Waals surface area contributed by atoms with Gasteiger partial charge in [-0.15, -0.1) is 0 Å². The molecule has 0 aromatic heterocycles. The van der Waals surface area contributed by atoms with E-state index in [0.29, 0.717) is 10.9 Å². The van der Waals surface area contributed by atoms with Crippen LogP contribution in [0.25, 0.3) is 0 Å². The molecule has 2 N–H and O–H groups in total. The van der Waals surface area contributed by atoms with Crippen molar-refractivity contribution in [3.05, 3.63) is 29.3 Å². The molecule has 6 heteroatoms. The maximum atomic E-state index is 10.7. The van der Waals surface area contributed by atoms with Crippen LogP contribution in [0.5, 0.6) is 0 Å². The number of hydrogen-bond acceptors (Lipinski definition) is 4. The SMILES string of the molecule is CSC(=Nc1ccc(C(=O)O)cc1C)NC#N. The monoisotopic (exact) mass is 249 g/mol. The third-order valence-corrected chi connectivity index (χ3v) is 2.60. The summed E-state index contributed by atoms with van der Waals surface area (Å²) in [4.78, 5) is 15.0. The van der Waals surface area contributed by atoms with Crippen LogP contribution in [-0.2, 0) is 0 Å². The fraction of sp³-hybridized carbons (Fsp3) is 0.182. The van der Waals surface area contributed by atoms with Crippen molar-refractivity contribution in [1.29, 1.82) is 5.26 Å². The van der Waals surface area contributed by atoms with Crippen LogP contribution in [0.15, 0.2) is 23.2 Å². The van der Waals surface area contributed by atoms with E-state index in [2.05, 4.69) is 10.3 Å². The lowest BCUT2D eigenvalue weighted by Gasteiger charge is -2.04. The molecule has 1 aromatic rings. The number of amidine groups is 1. The van der Waals surface area contributed by atoms with Gasteiger partial charge in [-0.3, -0.25) is 5.32 Å². The van der Waals surface area contributed by atoms with E-state index in [-0.39, 0.29) is 5.56 Å². The van der Waals surface area contributed by atoms with Gasteiger partial charge in [0, 0.05) is 0 Å². The normalized spacial score (nSPS) is 10.8. The minimum atomic E-state index is -0.969. The molecule has 17 heavy (non-hydrogen) atoms. The highest BCUT2D eigenvalue weighted by Gasteiger charge is 2.05. The van der Waals surface area contributed by atoms with Crippen molar-refractivity contribution < 1.29 is 9.90 Å². The number of nitrogens with zero attached hydrogens (tertiary/aromatic N) is 2. The second-order valence-electron chi connectivity index (χ2n) is 3.16. The molecule has 0 bridgehead atoms. The lowest BCUT2D eigenvalue weighted by atomic mass is 10.1. The number of nitrogens with one attached hydrogen (secondary N) is 1. The standard InChI is InChI=1S/C11H11N3O2S/c1-7-5-8(10(15)16)3-4-9(7)14-11(17-2)13-6-12/h3-5H,1-2H3,(H,13,14)(H,15,16). The van der Waals surface area contributed by atoms with Crippen molar-refractivity contribution in [3.8, 4) is 6.19 Å². The van der Waals surface area contributed by atoms with E-state index >= 15 is 0 Å². The predicted octanol–water partition coefficient (Wildman–Crippen LogP) is 2.11. The summed E-state index contributed by atoms with van der Waals surface area (Å²) in [6.45, 7) is 1.77. The van der Waals surface area contributed by atoms with E-state index in [9.17, 15) is 4.79 Å². The van der Waals surface area contributed by atoms with Crippen LogP contribution >= 0.6 is 11.8 Å². The molecule has 0 heterocycles. The minimum absolute atomic E-state index is 0.223. The average Bonchev–Trinajstić information content (AvgIpc) is 2.30. The number of carboxylic acid groups (broad SMARTS) is 1. The van der Waals surface area contributed by atoms with Gasteiger partial charge in [-0.25, -0.2) is 9.79 Å². The van der Waals surface area contributed by atoms with Gasteiger partial charge < -0.3 is 5.11 Å². The van der Waals surface area contributed by atoms with Crippen molar-refractivity contribution in [2.45, 2.75) is 6.92 Å². The molecule has 0 fully saturated rings. The predicted molar refractivity (Wildman–Crippen MR) is 67.5 cm³/mol. The molecule has 5 nitrogen and oxygen atoms in total. The molecule has 0 amide bonds. The Labute approximate surface area is 103 Å². The molecule has 0 radical (unpaired) electrons. The van der Waals surface area contributed by atoms with Gasteiger partial charge in [-0.05, 0) is 36.9 Å². The highest BCUT2D eigenvalue weighted by molar-refractivity contribution is 8.13. The summed E-state index contributed by atoms with van der Waals surface area (Å²) in [6, 6.07) is 4.65. The Morgan fingerprint density at radius 1 is 1.59 bits per heavy atom. The molecule has 0 saturated heterocycles. The molecule has 1 aromatic carbocycles. The van der Waals surface area contributed by atoms with Crippen LogP contribution in [0.1, 0.15) is 15.9 Å². The van der Waals surface area contributed by atoms with Gasteiger partial charge in [0.25, 0.3) is 0 Å². The van der Waals surface area contributed by atoms with Gasteiger partial charge in [0.2, 0.25) is 0 Å². The number of benzene rings is 1. The minimum Gasteiger partial charge on any atom is -0.478 e. The highest BCUT2D eigenvalue weighted by atomic mass is 32.2. The molecule has 0 spiro atoms. The number of aryl methyl sites for hydroxylation is 1. The zero-order chi connectivity index (χ0) is 12.8. The Morgan fingerprint density at radius 2 is 2.29 bits per heavy atom. The van der Waals surface area contributed by atoms with Crippen molar-refractivity contribution in [2.24, 2.45) is 4.99 Å². The van der Waals surface area contributed by atoms with Gasteiger partial charge in [0.15, 0.2) is 11.4 Å². The Bertz CT molecular complexity index is 506. The number of thioether (sulfide) groups is 1. The van der Waals surface area contributed by atoms with Gasteiger partial charge in [0.1, 0.15) is 0 Å². The van der Waals surface area contributed by atoms with E-state index < -0.39 is 5.97 Å². The van der Waals surface area contributed by atoms with E-state index in [1.807, 2.05) is 0 Å². The van der Waals surface area contributed by atoms with Crippen LogP contribution in [0.2, 0.25) is 0 Å². The van der Waals surface area contributed by atoms with Crippen LogP contribution < -0.4 is 5.32 Å². The molecule has 1 rings (SSSR count). The summed E-state index contributed by atoms with van der Waals surface area (Å²) in [6.07, 6.45) is 3.59. The quantitative estimate of drug-likeness (QED) is 0.363. The summed E-state index contributed by atoms with van der Waals surface area (Å²) in [7, 11) is 0. The molecule has 0 aliphatic carbocycles. The molecule has 0 aliphatic heterocycles. The van der Waals surface area contributed by atoms with Crippen LogP contribution in [0.3, 0.4) is 0 Å². The molecule has 88 valence electrons. The molecular weight excluding hydrogens is 238 g/mol. The average molecular weight is 249 g/mol. The number of carboxylic acids is 1. The lowest BCUT2D eigenvalue weighted by Crippen LogP contribution is -2.12. The first kappa shape index (κ1) is 13.1. The zero-order valence-electron chi connectivity index (χ0n) is 9.39. The number of carbonyl (C=O) groups is 1. The second kappa shape index (κ2) is 5.92. The smallest absolute Gasteiger partial charge is 0.335 e.